The van der Waals surface area contributed by atoms with E-state index in [4.69, 9.17) is 4.74 Å². The van der Waals surface area contributed by atoms with Gasteiger partial charge in [-0.3, -0.25) is 10.1 Å². The van der Waals surface area contributed by atoms with Crippen molar-refractivity contribution in [3.8, 4) is 5.75 Å². The first kappa shape index (κ1) is 21.3. The zero-order valence-electron chi connectivity index (χ0n) is 16.0. The zero-order valence-corrected chi connectivity index (χ0v) is 19.2. The molecule has 3 aromatic rings. The summed E-state index contributed by atoms with van der Waals surface area (Å²) >= 11 is 7.12. The number of ether oxygens (including phenoxy) is 1. The van der Waals surface area contributed by atoms with Crippen LogP contribution in [0.4, 0.5) is 11.4 Å². The highest BCUT2D eigenvalue weighted by Crippen LogP contribution is 2.34. The minimum atomic E-state index is -0.410. The van der Waals surface area contributed by atoms with E-state index in [1.54, 1.807) is 12.1 Å². The van der Waals surface area contributed by atoms with Crippen LogP contribution in [0.3, 0.4) is 0 Å². The molecule has 1 N–H and O–H groups in total. The third kappa shape index (κ3) is 5.36. The molecule has 0 atom stereocenters. The monoisotopic (exact) mass is 518 g/mol. The highest BCUT2D eigenvalue weighted by molar-refractivity contribution is 9.11. The average Bonchev–Trinajstić information content (AvgIpc) is 2.68. The van der Waals surface area contributed by atoms with E-state index >= 15 is 0 Å². The minimum Gasteiger partial charge on any atom is -0.487 e. The Morgan fingerprint density at radius 3 is 2.48 bits per heavy atom. The van der Waals surface area contributed by atoms with Gasteiger partial charge < -0.3 is 10.1 Å². The standard InChI is InChI=1S/C22H20Br2N2O3/c1-14-4-3-5-21(15(14)2)25-12-17-10-18(23)11-20(24)22(17)29-13-16-6-8-19(9-7-16)26(27)28/h3-11,25H,12-13H2,1-2H3. The molecule has 7 heteroatoms. The molecular formula is C22H20Br2N2O3. The summed E-state index contributed by atoms with van der Waals surface area (Å²) in [4.78, 5) is 10.4. The number of hydrogen-bond acceptors (Lipinski definition) is 4. The summed E-state index contributed by atoms with van der Waals surface area (Å²) in [7, 11) is 0. The van der Waals surface area contributed by atoms with Gasteiger partial charge in [0.2, 0.25) is 0 Å². The fraction of sp³-hybridized carbons (Fsp3) is 0.182. The first-order valence-electron chi connectivity index (χ1n) is 8.99. The Hall–Kier alpha value is -2.38. The molecule has 0 saturated heterocycles. The molecular weight excluding hydrogens is 500 g/mol. The number of benzene rings is 3. The Morgan fingerprint density at radius 1 is 1.07 bits per heavy atom. The van der Waals surface area contributed by atoms with Crippen LogP contribution in [0, 0.1) is 24.0 Å². The molecule has 3 rings (SSSR count). The van der Waals surface area contributed by atoms with Crippen molar-refractivity contribution in [1.29, 1.82) is 0 Å². The number of rotatable bonds is 7. The smallest absolute Gasteiger partial charge is 0.269 e. The highest BCUT2D eigenvalue weighted by Gasteiger charge is 2.12. The maximum atomic E-state index is 10.8. The second-order valence-corrected chi connectivity index (χ2v) is 8.46. The Kier molecular flexibility index (Phi) is 6.92. The molecule has 0 radical (unpaired) electrons. The van der Waals surface area contributed by atoms with Gasteiger partial charge in [-0.05, 0) is 76.8 Å². The van der Waals surface area contributed by atoms with Crippen molar-refractivity contribution in [3.05, 3.63) is 95.9 Å². The van der Waals surface area contributed by atoms with Gasteiger partial charge in [0.15, 0.2) is 0 Å². The highest BCUT2D eigenvalue weighted by atomic mass is 79.9. The summed E-state index contributed by atoms with van der Waals surface area (Å²) in [5, 5.41) is 14.3. The lowest BCUT2D eigenvalue weighted by atomic mass is 10.1. The van der Waals surface area contributed by atoms with E-state index in [1.807, 2.05) is 18.2 Å². The molecule has 29 heavy (non-hydrogen) atoms. The van der Waals surface area contributed by atoms with Crippen LogP contribution < -0.4 is 10.1 Å². The number of nitro groups is 1. The van der Waals surface area contributed by atoms with Crippen LogP contribution >= 0.6 is 31.9 Å². The van der Waals surface area contributed by atoms with E-state index in [0.717, 1.165) is 31.5 Å². The molecule has 5 nitrogen and oxygen atoms in total. The molecule has 3 aromatic carbocycles. The van der Waals surface area contributed by atoms with Crippen molar-refractivity contribution in [2.45, 2.75) is 27.0 Å². The van der Waals surface area contributed by atoms with Crippen LogP contribution in [0.15, 0.2) is 63.5 Å². The topological polar surface area (TPSA) is 64.4 Å². The molecule has 0 aliphatic heterocycles. The first-order valence-corrected chi connectivity index (χ1v) is 10.6. The summed E-state index contributed by atoms with van der Waals surface area (Å²) in [5.74, 6) is 0.740. The lowest BCUT2D eigenvalue weighted by Gasteiger charge is -2.17. The molecule has 0 unspecified atom stereocenters. The van der Waals surface area contributed by atoms with Gasteiger partial charge in [-0.1, -0.05) is 28.1 Å². The van der Waals surface area contributed by atoms with Crippen molar-refractivity contribution in [1.82, 2.24) is 0 Å². The normalized spacial score (nSPS) is 10.6. The quantitative estimate of drug-likeness (QED) is 0.271. The van der Waals surface area contributed by atoms with Crippen LogP contribution in [-0.2, 0) is 13.2 Å². The van der Waals surface area contributed by atoms with E-state index in [2.05, 4.69) is 63.2 Å². The average molecular weight is 520 g/mol. The molecule has 0 aromatic heterocycles. The molecule has 0 amide bonds. The Labute approximate surface area is 186 Å². The number of aryl methyl sites for hydroxylation is 1. The Balaban J connectivity index is 1.77. The number of anilines is 1. The number of nitro benzene ring substituents is 1. The van der Waals surface area contributed by atoms with Crippen molar-refractivity contribution in [3.63, 3.8) is 0 Å². The van der Waals surface area contributed by atoms with Gasteiger partial charge in [-0.25, -0.2) is 0 Å². The second kappa shape index (κ2) is 9.41. The summed E-state index contributed by atoms with van der Waals surface area (Å²) in [6.07, 6.45) is 0. The first-order chi connectivity index (χ1) is 13.8. The summed E-state index contributed by atoms with van der Waals surface area (Å²) < 4.78 is 7.86. The lowest BCUT2D eigenvalue weighted by molar-refractivity contribution is -0.384. The molecule has 0 saturated carbocycles. The number of nitrogens with zero attached hydrogens (tertiary/aromatic N) is 1. The maximum Gasteiger partial charge on any atom is 0.269 e. The number of halogens is 2. The van der Waals surface area contributed by atoms with Crippen LogP contribution in [-0.4, -0.2) is 4.92 Å². The summed E-state index contributed by atoms with van der Waals surface area (Å²) in [5.41, 5.74) is 5.46. The lowest BCUT2D eigenvalue weighted by Crippen LogP contribution is -2.06. The third-order valence-electron chi connectivity index (χ3n) is 4.69. The van der Waals surface area contributed by atoms with E-state index in [1.165, 1.54) is 23.3 Å². The van der Waals surface area contributed by atoms with Crippen LogP contribution in [0.25, 0.3) is 0 Å². The SMILES string of the molecule is Cc1cccc(NCc2cc(Br)cc(Br)c2OCc2ccc([N+](=O)[O-])cc2)c1C. The van der Waals surface area contributed by atoms with Gasteiger partial charge in [-0.2, -0.15) is 0 Å². The van der Waals surface area contributed by atoms with Crippen LogP contribution in [0.2, 0.25) is 0 Å². The molecule has 0 fully saturated rings. The Bertz CT molecular complexity index is 1040. The molecule has 150 valence electrons. The van der Waals surface area contributed by atoms with E-state index in [9.17, 15) is 10.1 Å². The molecule has 0 spiro atoms. The Morgan fingerprint density at radius 2 is 1.79 bits per heavy atom. The third-order valence-corrected chi connectivity index (χ3v) is 5.74. The number of nitrogens with one attached hydrogen (secondary N) is 1. The zero-order chi connectivity index (χ0) is 21.0. The van der Waals surface area contributed by atoms with Gasteiger partial charge in [0.25, 0.3) is 5.69 Å². The predicted molar refractivity (Wildman–Crippen MR) is 123 cm³/mol. The molecule has 0 bridgehead atoms. The fourth-order valence-corrected chi connectivity index (χ4v) is 4.34. The van der Waals surface area contributed by atoms with Crippen molar-refractivity contribution < 1.29 is 9.66 Å². The van der Waals surface area contributed by atoms with Crippen molar-refractivity contribution in [2.24, 2.45) is 0 Å². The molecule has 0 aliphatic rings. The van der Waals surface area contributed by atoms with E-state index in [0.29, 0.717) is 13.2 Å². The maximum absolute atomic E-state index is 10.8. The second-order valence-electron chi connectivity index (χ2n) is 6.69. The predicted octanol–water partition coefficient (Wildman–Crippen LogP) is 6.93. The van der Waals surface area contributed by atoms with Crippen molar-refractivity contribution >= 4 is 43.2 Å². The largest absolute Gasteiger partial charge is 0.487 e. The fourth-order valence-electron chi connectivity index (χ4n) is 2.91. The number of non-ortho nitro benzene ring substituents is 1. The van der Waals surface area contributed by atoms with Gasteiger partial charge in [0, 0.05) is 34.4 Å². The van der Waals surface area contributed by atoms with E-state index in [-0.39, 0.29) is 5.69 Å². The van der Waals surface area contributed by atoms with Crippen LogP contribution in [0.1, 0.15) is 22.3 Å². The van der Waals surface area contributed by atoms with Crippen molar-refractivity contribution in [2.75, 3.05) is 5.32 Å². The molecule has 0 heterocycles. The molecule has 0 aliphatic carbocycles. The summed E-state index contributed by atoms with van der Waals surface area (Å²) in [6, 6.07) is 16.5. The van der Waals surface area contributed by atoms with Gasteiger partial charge in [0.05, 0.1) is 9.40 Å². The van der Waals surface area contributed by atoms with Gasteiger partial charge >= 0.3 is 0 Å². The van der Waals surface area contributed by atoms with Gasteiger partial charge in [0.1, 0.15) is 12.4 Å². The number of hydrogen-bond donors (Lipinski definition) is 1. The van der Waals surface area contributed by atoms with E-state index < -0.39 is 4.92 Å². The van der Waals surface area contributed by atoms with Crippen LogP contribution in [0.5, 0.6) is 5.75 Å². The van der Waals surface area contributed by atoms with Gasteiger partial charge in [-0.15, -0.1) is 0 Å². The summed E-state index contributed by atoms with van der Waals surface area (Å²) in [6.45, 7) is 5.10. The minimum absolute atomic E-state index is 0.0667.